The molecule has 0 aliphatic heterocycles. The molecule has 176 valence electrons. The molecule has 0 spiro atoms. The second-order valence-electron chi connectivity index (χ2n) is 9.16. The van der Waals surface area contributed by atoms with Crippen molar-refractivity contribution in [1.29, 1.82) is 0 Å². The van der Waals surface area contributed by atoms with Crippen LogP contribution in [0.1, 0.15) is 0 Å². The van der Waals surface area contributed by atoms with Gasteiger partial charge in [-0.3, -0.25) is 0 Å². The molecule has 1 nitrogen and oxygen atoms in total. The molecule has 1 aromatic heterocycles. The maximum Gasteiger partial charge on any atom is 0.0825 e. The summed E-state index contributed by atoms with van der Waals surface area (Å²) in [6.07, 6.45) is 0. The summed E-state index contributed by atoms with van der Waals surface area (Å²) in [6, 6.07) is 47.1. The van der Waals surface area contributed by atoms with Gasteiger partial charge >= 0.3 is 0 Å². The molecule has 7 rings (SSSR count). The van der Waals surface area contributed by atoms with Crippen LogP contribution in [0.25, 0.3) is 42.1 Å². The number of rotatable bonds is 4. The van der Waals surface area contributed by atoms with Crippen LogP contribution in [0.3, 0.4) is 0 Å². The zero-order valence-electron chi connectivity index (χ0n) is 19.9. The fourth-order valence-electron chi connectivity index (χ4n) is 5.09. The molecule has 0 saturated heterocycles. The van der Waals surface area contributed by atoms with Crippen LogP contribution in [0, 0.1) is 0 Å². The molecule has 0 aliphatic carbocycles. The third-order valence-corrected chi connectivity index (χ3v) is 8.60. The number of halogens is 1. The van der Waals surface area contributed by atoms with Crippen LogP contribution >= 0.6 is 22.9 Å². The molecule has 0 N–H and O–H groups in total. The molecule has 6 aromatic carbocycles. The minimum atomic E-state index is 0.777. The Labute approximate surface area is 224 Å². The number of hydrogen-bond donors (Lipinski definition) is 0. The summed E-state index contributed by atoms with van der Waals surface area (Å²) in [5.41, 5.74) is 5.51. The van der Waals surface area contributed by atoms with E-state index in [1.165, 1.54) is 37.4 Å². The van der Waals surface area contributed by atoms with Crippen molar-refractivity contribution in [2.75, 3.05) is 4.90 Å². The van der Waals surface area contributed by atoms with Gasteiger partial charge in [-0.05, 0) is 64.4 Å². The van der Waals surface area contributed by atoms with Crippen LogP contribution < -0.4 is 4.90 Å². The van der Waals surface area contributed by atoms with E-state index in [0.29, 0.717) is 0 Å². The van der Waals surface area contributed by atoms with Gasteiger partial charge in [-0.25, -0.2) is 0 Å². The molecule has 3 heteroatoms. The van der Waals surface area contributed by atoms with E-state index < -0.39 is 0 Å². The van der Waals surface area contributed by atoms with E-state index in [-0.39, 0.29) is 0 Å². The van der Waals surface area contributed by atoms with E-state index in [1.54, 1.807) is 11.3 Å². The van der Waals surface area contributed by atoms with Crippen molar-refractivity contribution < 1.29 is 0 Å². The standard InChI is InChI=1S/C34H22ClNS/c35-33-31(20-19-29-30-21-25-11-7-8-12-26(25)22-32(30)37-34(29)33)36(27-13-5-2-6-14-27)28-17-15-24(16-18-28)23-9-3-1-4-10-23/h1-22H. The fraction of sp³-hybridized carbons (Fsp3) is 0. The Bertz CT molecular complexity index is 1870. The molecule has 1 heterocycles. The van der Waals surface area contributed by atoms with Gasteiger partial charge in [-0.2, -0.15) is 0 Å². The summed E-state index contributed by atoms with van der Waals surface area (Å²) in [6.45, 7) is 0. The van der Waals surface area contributed by atoms with Crippen molar-refractivity contribution in [2.45, 2.75) is 0 Å². The summed E-state index contributed by atoms with van der Waals surface area (Å²) in [5, 5.41) is 5.73. The van der Waals surface area contributed by atoms with Crippen LogP contribution in [-0.4, -0.2) is 0 Å². The number of fused-ring (bicyclic) bond motifs is 4. The third-order valence-electron chi connectivity index (χ3n) is 6.91. The molecule has 0 radical (unpaired) electrons. The molecule has 0 saturated carbocycles. The number of benzene rings is 6. The number of hydrogen-bond acceptors (Lipinski definition) is 2. The number of para-hydroxylation sites is 1. The molecule has 0 bridgehead atoms. The van der Waals surface area contributed by atoms with Gasteiger partial charge in [0.25, 0.3) is 0 Å². The van der Waals surface area contributed by atoms with Gasteiger partial charge in [0.05, 0.1) is 15.4 Å². The lowest BCUT2D eigenvalue weighted by atomic mass is 10.0. The highest BCUT2D eigenvalue weighted by Gasteiger charge is 2.19. The Balaban J connectivity index is 1.40. The zero-order valence-corrected chi connectivity index (χ0v) is 21.5. The molecular weight excluding hydrogens is 490 g/mol. The minimum Gasteiger partial charge on any atom is -0.309 e. The van der Waals surface area contributed by atoms with E-state index in [0.717, 1.165) is 26.8 Å². The first kappa shape index (κ1) is 22.1. The average molecular weight is 512 g/mol. The van der Waals surface area contributed by atoms with Crippen molar-refractivity contribution in [2.24, 2.45) is 0 Å². The van der Waals surface area contributed by atoms with Crippen LogP contribution in [-0.2, 0) is 0 Å². The molecule has 0 fully saturated rings. The lowest BCUT2D eigenvalue weighted by Gasteiger charge is -2.26. The molecule has 0 aliphatic rings. The Morgan fingerprint density at radius 1 is 0.514 bits per heavy atom. The van der Waals surface area contributed by atoms with Crippen LogP contribution in [0.2, 0.25) is 5.02 Å². The number of thiophene rings is 1. The Morgan fingerprint density at radius 3 is 1.84 bits per heavy atom. The molecular formula is C34H22ClNS. The van der Waals surface area contributed by atoms with Crippen molar-refractivity contribution in [1.82, 2.24) is 0 Å². The summed E-state index contributed by atoms with van der Waals surface area (Å²) in [5.74, 6) is 0. The van der Waals surface area contributed by atoms with Gasteiger partial charge in [-0.1, -0.05) is 103 Å². The summed E-state index contributed by atoms with van der Waals surface area (Å²) in [4.78, 5) is 2.25. The second-order valence-corrected chi connectivity index (χ2v) is 10.6. The molecule has 0 amide bonds. The third kappa shape index (κ3) is 3.86. The maximum absolute atomic E-state index is 7.24. The quantitative estimate of drug-likeness (QED) is 0.227. The largest absolute Gasteiger partial charge is 0.309 e. The highest BCUT2D eigenvalue weighted by Crippen LogP contribution is 2.47. The SMILES string of the molecule is Clc1c(N(c2ccccc2)c2ccc(-c3ccccc3)cc2)ccc2c1sc1cc3ccccc3cc12. The van der Waals surface area contributed by atoms with E-state index in [4.69, 9.17) is 11.6 Å². The van der Waals surface area contributed by atoms with Gasteiger partial charge in [0, 0.05) is 26.8 Å². The van der Waals surface area contributed by atoms with Gasteiger partial charge in [0.15, 0.2) is 0 Å². The summed E-state index contributed by atoms with van der Waals surface area (Å²) < 4.78 is 2.37. The minimum absolute atomic E-state index is 0.777. The van der Waals surface area contributed by atoms with Gasteiger partial charge in [-0.15, -0.1) is 11.3 Å². The first-order valence-electron chi connectivity index (χ1n) is 12.3. The lowest BCUT2D eigenvalue weighted by molar-refractivity contribution is 1.29. The van der Waals surface area contributed by atoms with Crippen molar-refractivity contribution >= 4 is 70.9 Å². The normalized spacial score (nSPS) is 11.4. The predicted octanol–water partition coefficient (Wildman–Crippen LogP) is 11.0. The average Bonchev–Trinajstić information content (AvgIpc) is 3.33. The Kier molecular flexibility index (Phi) is 5.43. The van der Waals surface area contributed by atoms with Crippen molar-refractivity contribution in [3.05, 3.63) is 138 Å². The highest BCUT2D eigenvalue weighted by atomic mass is 35.5. The smallest absolute Gasteiger partial charge is 0.0825 e. The second kappa shape index (κ2) is 9.08. The van der Waals surface area contributed by atoms with E-state index in [9.17, 15) is 0 Å². The predicted molar refractivity (Wildman–Crippen MR) is 162 cm³/mol. The fourth-order valence-corrected chi connectivity index (χ4v) is 6.62. The topological polar surface area (TPSA) is 3.24 Å². The van der Waals surface area contributed by atoms with E-state index >= 15 is 0 Å². The van der Waals surface area contributed by atoms with Gasteiger partial charge in [0.2, 0.25) is 0 Å². The monoisotopic (exact) mass is 511 g/mol. The van der Waals surface area contributed by atoms with E-state index in [1.807, 2.05) is 12.1 Å². The lowest BCUT2D eigenvalue weighted by Crippen LogP contribution is -2.10. The molecule has 37 heavy (non-hydrogen) atoms. The summed E-state index contributed by atoms with van der Waals surface area (Å²) >= 11 is 9.00. The Hall–Kier alpha value is -4.11. The van der Waals surface area contributed by atoms with Crippen LogP contribution in [0.15, 0.2) is 133 Å². The first-order chi connectivity index (χ1) is 18.3. The highest BCUT2D eigenvalue weighted by molar-refractivity contribution is 7.26. The van der Waals surface area contributed by atoms with Crippen LogP contribution in [0.4, 0.5) is 17.1 Å². The first-order valence-corrected chi connectivity index (χ1v) is 13.5. The summed E-state index contributed by atoms with van der Waals surface area (Å²) in [7, 11) is 0. The Morgan fingerprint density at radius 2 is 1.11 bits per heavy atom. The molecule has 7 aromatic rings. The van der Waals surface area contributed by atoms with Crippen molar-refractivity contribution in [3.63, 3.8) is 0 Å². The molecule has 0 atom stereocenters. The van der Waals surface area contributed by atoms with E-state index in [2.05, 4.69) is 126 Å². The van der Waals surface area contributed by atoms with Crippen molar-refractivity contribution in [3.8, 4) is 11.1 Å². The zero-order chi connectivity index (χ0) is 24.8. The van der Waals surface area contributed by atoms with Gasteiger partial charge in [0.1, 0.15) is 0 Å². The maximum atomic E-state index is 7.24. The number of anilines is 3. The van der Waals surface area contributed by atoms with Gasteiger partial charge < -0.3 is 4.90 Å². The van der Waals surface area contributed by atoms with Crippen LogP contribution in [0.5, 0.6) is 0 Å². The molecule has 0 unspecified atom stereocenters. The number of nitrogens with zero attached hydrogens (tertiary/aromatic N) is 1.